The van der Waals surface area contributed by atoms with Crippen molar-refractivity contribution in [3.8, 4) is 0 Å². The maximum absolute atomic E-state index is 13.8. The van der Waals surface area contributed by atoms with Crippen LogP contribution in [0, 0.1) is 0 Å². The molecule has 1 saturated heterocycles. The molecule has 3 aromatic carbocycles. The lowest BCUT2D eigenvalue weighted by Crippen LogP contribution is -2.43. The third kappa shape index (κ3) is 7.80. The first-order chi connectivity index (χ1) is 20.0. The molecular weight excluding hydrogens is 582 g/mol. The molecule has 0 aliphatic carbocycles. The number of sulfonamides is 1. The summed E-state index contributed by atoms with van der Waals surface area (Å²) in [4.78, 5) is 39.7. The molecule has 1 aliphatic heterocycles. The maximum Gasteiger partial charge on any atom is 0.410 e. The van der Waals surface area contributed by atoms with Crippen LogP contribution in [0.3, 0.4) is 0 Å². The number of nitrogens with zero attached hydrogens (tertiary/aromatic N) is 2. The molecule has 42 heavy (non-hydrogen) atoms. The Morgan fingerprint density at radius 3 is 2.48 bits per heavy atom. The van der Waals surface area contributed by atoms with Gasteiger partial charge in [0.25, 0.3) is 10.0 Å². The van der Waals surface area contributed by atoms with E-state index in [9.17, 15) is 22.8 Å². The monoisotopic (exact) mass is 613 g/mol. The number of carbonyl (C=O) groups is 3. The zero-order valence-electron chi connectivity index (χ0n) is 23.2. The number of benzene rings is 3. The Morgan fingerprint density at radius 1 is 1.02 bits per heavy atom. The van der Waals surface area contributed by atoms with Crippen molar-refractivity contribution >= 4 is 51.0 Å². The van der Waals surface area contributed by atoms with E-state index in [0.29, 0.717) is 19.4 Å². The lowest BCUT2D eigenvalue weighted by atomic mass is 10.2. The van der Waals surface area contributed by atoms with Crippen molar-refractivity contribution in [1.82, 2.24) is 4.90 Å². The number of hydrogen-bond acceptors (Lipinski definition) is 7. The van der Waals surface area contributed by atoms with Crippen molar-refractivity contribution in [3.63, 3.8) is 0 Å². The standard InChI is InChI=1S/C30H32ClN3O7S/c1-21(2)41-28(35)19-34(25-13-6-11-23(31)17-25)42(38,39)26-14-7-12-24(18-26)32-29(36)27-15-8-16-33(27)30(37)40-20-22-9-4-3-5-10-22/h3-7,9-14,17-18,21,27H,8,15-16,19-20H2,1-2H3,(H,32,36)/t27-/m1/s1. The first kappa shape index (κ1) is 30.9. The highest BCUT2D eigenvalue weighted by molar-refractivity contribution is 7.92. The molecule has 222 valence electrons. The van der Waals surface area contributed by atoms with Gasteiger partial charge in [-0.15, -0.1) is 0 Å². The van der Waals surface area contributed by atoms with E-state index in [2.05, 4.69) is 5.32 Å². The predicted molar refractivity (Wildman–Crippen MR) is 159 cm³/mol. The molecule has 2 amide bonds. The number of ether oxygens (including phenoxy) is 2. The van der Waals surface area contributed by atoms with E-state index in [1.54, 1.807) is 32.0 Å². The molecule has 0 unspecified atom stereocenters. The molecule has 1 atom stereocenters. The zero-order valence-corrected chi connectivity index (χ0v) is 24.8. The Labute approximate surface area is 250 Å². The summed E-state index contributed by atoms with van der Waals surface area (Å²) in [5.41, 5.74) is 1.21. The smallest absolute Gasteiger partial charge is 0.410 e. The lowest BCUT2D eigenvalue weighted by molar-refractivity contribution is -0.145. The highest BCUT2D eigenvalue weighted by atomic mass is 35.5. The number of carbonyl (C=O) groups excluding carboxylic acids is 3. The van der Waals surface area contributed by atoms with Crippen LogP contribution in [0.2, 0.25) is 5.02 Å². The summed E-state index contributed by atoms with van der Waals surface area (Å²) in [6.07, 6.45) is 0.0164. The Morgan fingerprint density at radius 2 is 1.76 bits per heavy atom. The predicted octanol–water partition coefficient (Wildman–Crippen LogP) is 5.23. The van der Waals surface area contributed by atoms with Crippen molar-refractivity contribution in [2.24, 2.45) is 0 Å². The van der Waals surface area contributed by atoms with E-state index in [0.717, 1.165) is 9.87 Å². The van der Waals surface area contributed by atoms with Crippen LogP contribution in [0.5, 0.6) is 0 Å². The number of anilines is 2. The minimum absolute atomic E-state index is 0.0816. The van der Waals surface area contributed by atoms with Crippen molar-refractivity contribution < 1.29 is 32.3 Å². The molecule has 1 heterocycles. The number of esters is 1. The number of likely N-dealkylation sites (tertiary alicyclic amines) is 1. The van der Waals surface area contributed by atoms with Crippen LogP contribution in [0.4, 0.5) is 16.2 Å². The minimum atomic E-state index is -4.30. The molecule has 10 nitrogen and oxygen atoms in total. The van der Waals surface area contributed by atoms with Gasteiger partial charge in [-0.25, -0.2) is 13.2 Å². The van der Waals surface area contributed by atoms with E-state index < -0.39 is 46.7 Å². The van der Waals surface area contributed by atoms with Gasteiger partial charge in [-0.3, -0.25) is 18.8 Å². The molecule has 1 aliphatic rings. The summed E-state index contributed by atoms with van der Waals surface area (Å²) < 4.78 is 39.1. The summed E-state index contributed by atoms with van der Waals surface area (Å²) in [6, 6.07) is 20.2. The SMILES string of the molecule is CC(C)OC(=O)CN(c1cccc(Cl)c1)S(=O)(=O)c1cccc(NC(=O)[C@H]2CCCN2C(=O)OCc2ccccc2)c1. The van der Waals surface area contributed by atoms with Crippen LogP contribution >= 0.6 is 11.6 Å². The molecule has 0 saturated carbocycles. The minimum Gasteiger partial charge on any atom is -0.462 e. The quantitative estimate of drug-likeness (QED) is 0.311. The molecular formula is C30H32ClN3O7S. The van der Waals surface area contributed by atoms with E-state index in [-0.39, 0.29) is 27.9 Å². The second-order valence-electron chi connectivity index (χ2n) is 9.94. The molecule has 0 spiro atoms. The molecule has 1 fully saturated rings. The fraction of sp³-hybridized carbons (Fsp3) is 0.300. The van der Waals surface area contributed by atoms with Gasteiger partial charge in [0.05, 0.1) is 16.7 Å². The van der Waals surface area contributed by atoms with Crippen LogP contribution in [-0.2, 0) is 35.7 Å². The number of rotatable bonds is 10. The number of hydrogen-bond donors (Lipinski definition) is 1. The normalized spacial score (nSPS) is 14.9. The van der Waals surface area contributed by atoms with Crippen molar-refractivity contribution in [2.45, 2.75) is 50.3 Å². The average molecular weight is 614 g/mol. The van der Waals surface area contributed by atoms with Crippen LogP contribution in [0.25, 0.3) is 0 Å². The van der Waals surface area contributed by atoms with Gasteiger partial charge < -0.3 is 14.8 Å². The highest BCUT2D eigenvalue weighted by Crippen LogP contribution is 2.28. The molecule has 1 N–H and O–H groups in total. The first-order valence-corrected chi connectivity index (χ1v) is 15.2. The maximum atomic E-state index is 13.8. The fourth-order valence-electron chi connectivity index (χ4n) is 4.51. The van der Waals surface area contributed by atoms with Gasteiger partial charge in [-0.2, -0.15) is 0 Å². The Bertz CT molecular complexity index is 1530. The van der Waals surface area contributed by atoms with Gasteiger partial charge in [0.1, 0.15) is 19.2 Å². The van der Waals surface area contributed by atoms with Crippen LogP contribution in [-0.4, -0.2) is 56.5 Å². The second-order valence-corrected chi connectivity index (χ2v) is 12.2. The van der Waals surface area contributed by atoms with Crippen LogP contribution < -0.4 is 9.62 Å². The zero-order chi connectivity index (χ0) is 30.3. The van der Waals surface area contributed by atoms with Gasteiger partial charge in [0.15, 0.2) is 0 Å². The van der Waals surface area contributed by atoms with Crippen molar-refractivity contribution in [1.29, 1.82) is 0 Å². The number of nitrogens with one attached hydrogen (secondary N) is 1. The number of halogens is 1. The third-order valence-electron chi connectivity index (χ3n) is 6.42. The fourth-order valence-corrected chi connectivity index (χ4v) is 6.14. The van der Waals surface area contributed by atoms with Crippen LogP contribution in [0.1, 0.15) is 32.3 Å². The van der Waals surface area contributed by atoms with Crippen LogP contribution in [0.15, 0.2) is 83.8 Å². The van der Waals surface area contributed by atoms with Gasteiger partial charge >= 0.3 is 12.1 Å². The second kappa shape index (κ2) is 13.7. The Hall–Kier alpha value is -4.09. The molecule has 0 aromatic heterocycles. The van der Waals surface area contributed by atoms with Crippen molar-refractivity contribution in [3.05, 3.63) is 89.4 Å². The molecule has 3 aromatic rings. The van der Waals surface area contributed by atoms with E-state index in [1.165, 1.54) is 35.2 Å². The van der Waals surface area contributed by atoms with Crippen molar-refractivity contribution in [2.75, 3.05) is 22.7 Å². The van der Waals surface area contributed by atoms with Gasteiger partial charge in [-0.1, -0.05) is 54.1 Å². The molecule has 12 heteroatoms. The summed E-state index contributed by atoms with van der Waals surface area (Å²) in [7, 11) is -4.30. The average Bonchev–Trinajstić information content (AvgIpc) is 3.45. The third-order valence-corrected chi connectivity index (χ3v) is 8.43. The largest absolute Gasteiger partial charge is 0.462 e. The van der Waals surface area contributed by atoms with E-state index in [1.807, 2.05) is 30.3 Å². The summed E-state index contributed by atoms with van der Waals surface area (Å²) in [5.74, 6) is -1.20. The Balaban J connectivity index is 1.50. The number of amides is 2. The Kier molecular flexibility index (Phi) is 10.1. The topological polar surface area (TPSA) is 122 Å². The molecule has 0 bridgehead atoms. The summed E-state index contributed by atoms with van der Waals surface area (Å²) in [5, 5.41) is 3.01. The van der Waals surface area contributed by atoms with Gasteiger partial charge in [-0.05, 0) is 68.7 Å². The molecule has 0 radical (unpaired) electrons. The highest BCUT2D eigenvalue weighted by Gasteiger charge is 2.35. The lowest BCUT2D eigenvalue weighted by Gasteiger charge is -2.25. The molecule has 4 rings (SSSR count). The van der Waals surface area contributed by atoms with Gasteiger partial charge in [0, 0.05) is 17.3 Å². The first-order valence-electron chi connectivity index (χ1n) is 13.4. The van der Waals surface area contributed by atoms with Gasteiger partial charge in [0.2, 0.25) is 5.91 Å². The van der Waals surface area contributed by atoms with E-state index >= 15 is 0 Å². The summed E-state index contributed by atoms with van der Waals surface area (Å²) >= 11 is 6.11. The summed E-state index contributed by atoms with van der Waals surface area (Å²) in [6.45, 7) is 3.19. The van der Waals surface area contributed by atoms with E-state index in [4.69, 9.17) is 21.1 Å².